The number of amides is 4. The van der Waals surface area contributed by atoms with Crippen LogP contribution in [0.2, 0.25) is 0 Å². The lowest BCUT2D eigenvalue weighted by atomic mass is 10.1. The van der Waals surface area contributed by atoms with E-state index in [0.717, 1.165) is 10.3 Å². The molecule has 2 aromatic carbocycles. The summed E-state index contributed by atoms with van der Waals surface area (Å²) in [7, 11) is 0. The molecule has 0 unspecified atom stereocenters. The number of pyridine rings is 1. The second kappa shape index (κ2) is 14.5. The smallest absolute Gasteiger partial charge is 0.265 e. The Hall–Kier alpha value is -4.84. The topological polar surface area (TPSA) is 199 Å². The molecule has 3 rings (SSSR count). The number of aromatic nitrogens is 1. The van der Waals surface area contributed by atoms with Crippen LogP contribution < -0.4 is 32.7 Å². The predicted octanol–water partition coefficient (Wildman–Crippen LogP) is 1.05. The Labute approximate surface area is 238 Å². The quantitative estimate of drug-likeness (QED) is 0.123. The van der Waals surface area contributed by atoms with Gasteiger partial charge in [0, 0.05) is 23.7 Å². The van der Waals surface area contributed by atoms with Gasteiger partial charge in [0.25, 0.3) is 11.8 Å². The van der Waals surface area contributed by atoms with E-state index in [2.05, 4.69) is 20.6 Å². The number of rotatable bonds is 12. The Morgan fingerprint density at radius 3 is 2.41 bits per heavy atom. The van der Waals surface area contributed by atoms with Gasteiger partial charge in [-0.1, -0.05) is 38.1 Å². The fourth-order valence-corrected chi connectivity index (χ4v) is 4.01. The third-order valence-electron chi connectivity index (χ3n) is 6.31. The lowest BCUT2D eigenvalue weighted by molar-refractivity contribution is -0.129. The number of nitrogens with two attached hydrogens (primary N) is 3. The van der Waals surface area contributed by atoms with E-state index in [0.29, 0.717) is 17.6 Å². The normalized spacial score (nSPS) is 12.3. The van der Waals surface area contributed by atoms with E-state index < -0.39 is 42.3 Å². The molecule has 0 fully saturated rings. The van der Waals surface area contributed by atoms with Crippen molar-refractivity contribution >= 4 is 46.2 Å². The molecule has 0 aliphatic carbocycles. The molecule has 0 aliphatic rings. The minimum Gasteiger partial charge on any atom is -0.370 e. The minimum atomic E-state index is -1.13. The molecule has 0 radical (unpaired) electrons. The van der Waals surface area contributed by atoms with Gasteiger partial charge in [0.1, 0.15) is 6.04 Å². The summed E-state index contributed by atoms with van der Waals surface area (Å²) in [5, 5.41) is 5.87. The monoisotopic (exact) mass is 560 g/mol. The fourth-order valence-electron chi connectivity index (χ4n) is 4.01. The van der Waals surface area contributed by atoms with E-state index in [1.165, 1.54) is 0 Å². The molecule has 41 heavy (non-hydrogen) atoms. The summed E-state index contributed by atoms with van der Waals surface area (Å²) in [6.07, 6.45) is 2.09. The second-order valence-electron chi connectivity index (χ2n) is 9.78. The van der Waals surface area contributed by atoms with E-state index in [1.54, 1.807) is 74.6 Å². The molecular formula is C29H36N8O4. The van der Waals surface area contributed by atoms with Gasteiger partial charge in [0.15, 0.2) is 5.96 Å². The number of aliphatic imine (C=N–C) groups is 1. The van der Waals surface area contributed by atoms with Gasteiger partial charge in [-0.05, 0) is 55.2 Å². The van der Waals surface area contributed by atoms with Gasteiger partial charge in [0.2, 0.25) is 11.8 Å². The van der Waals surface area contributed by atoms with Gasteiger partial charge < -0.3 is 27.8 Å². The minimum absolute atomic E-state index is 0.105. The van der Waals surface area contributed by atoms with Crippen LogP contribution in [0, 0.1) is 5.92 Å². The second-order valence-corrected chi connectivity index (χ2v) is 9.78. The standard InChI is InChI=1S/C29H36N8O4/c1-18(2)25(30)26(39)35-17-24(38)36-23(11-7-15-34-29(31)32)28(41)37(27(40)19-8-4-3-5-9-19)21-12-13-22-20(16-21)10-6-14-33-22/h3-6,8-10,12-14,16,18,23,25H,7,11,15,17,30H2,1-2H3,(H,35,39)(H,36,38)(H4,31,32,34)/t23-,25-/m0/s1. The zero-order valence-electron chi connectivity index (χ0n) is 23.1. The van der Waals surface area contributed by atoms with Crippen molar-refractivity contribution in [2.45, 2.75) is 38.8 Å². The number of nitrogens with zero attached hydrogens (tertiary/aromatic N) is 3. The van der Waals surface area contributed by atoms with Crippen LogP contribution in [0.25, 0.3) is 10.9 Å². The maximum absolute atomic E-state index is 14.1. The molecule has 12 heteroatoms. The maximum Gasteiger partial charge on any atom is 0.265 e. The molecule has 0 spiro atoms. The maximum atomic E-state index is 14.1. The Balaban J connectivity index is 1.92. The highest BCUT2D eigenvalue weighted by molar-refractivity contribution is 6.23. The number of carbonyl (C=O) groups excluding carboxylic acids is 4. The summed E-state index contributed by atoms with van der Waals surface area (Å²) in [5.74, 6) is -2.57. The van der Waals surface area contributed by atoms with Crippen LogP contribution in [0.15, 0.2) is 71.9 Å². The summed E-state index contributed by atoms with van der Waals surface area (Å²) in [6.45, 7) is 3.38. The summed E-state index contributed by atoms with van der Waals surface area (Å²) >= 11 is 0. The van der Waals surface area contributed by atoms with Crippen LogP contribution >= 0.6 is 0 Å². The van der Waals surface area contributed by atoms with Crippen LogP contribution in [-0.2, 0) is 14.4 Å². The summed E-state index contributed by atoms with van der Waals surface area (Å²) in [6, 6.07) is 15.0. The number of carbonyl (C=O) groups is 4. The number of benzene rings is 2. The van der Waals surface area contributed by atoms with Crippen molar-refractivity contribution in [1.29, 1.82) is 0 Å². The lowest BCUT2D eigenvalue weighted by Gasteiger charge is -2.27. The van der Waals surface area contributed by atoms with Crippen molar-refractivity contribution in [3.63, 3.8) is 0 Å². The highest BCUT2D eigenvalue weighted by atomic mass is 16.2. The Morgan fingerprint density at radius 2 is 1.73 bits per heavy atom. The SMILES string of the molecule is CC(C)[C@H](N)C(=O)NCC(=O)N[C@@H](CCCN=C(N)N)C(=O)N(C(=O)c1ccccc1)c1ccc2ncccc2c1. The van der Waals surface area contributed by atoms with E-state index in [9.17, 15) is 19.2 Å². The molecule has 8 N–H and O–H groups in total. The van der Waals surface area contributed by atoms with Crippen molar-refractivity contribution in [1.82, 2.24) is 15.6 Å². The van der Waals surface area contributed by atoms with E-state index in [-0.39, 0.29) is 30.4 Å². The molecule has 4 amide bonds. The molecule has 12 nitrogen and oxygen atoms in total. The average Bonchev–Trinajstić information content (AvgIpc) is 2.97. The first-order chi connectivity index (χ1) is 19.6. The van der Waals surface area contributed by atoms with Gasteiger partial charge in [-0.25, -0.2) is 4.90 Å². The molecule has 0 saturated heterocycles. The van der Waals surface area contributed by atoms with Gasteiger partial charge in [-0.2, -0.15) is 0 Å². The average molecular weight is 561 g/mol. The third kappa shape index (κ3) is 8.57. The van der Waals surface area contributed by atoms with Crippen molar-refractivity contribution in [3.8, 4) is 0 Å². The van der Waals surface area contributed by atoms with Crippen molar-refractivity contribution in [2.24, 2.45) is 28.1 Å². The molecule has 216 valence electrons. The molecule has 0 aliphatic heterocycles. The van der Waals surface area contributed by atoms with Crippen LogP contribution in [0.1, 0.15) is 37.0 Å². The Bertz CT molecular complexity index is 1410. The zero-order chi connectivity index (χ0) is 29.9. The van der Waals surface area contributed by atoms with Gasteiger partial charge in [-0.3, -0.25) is 29.2 Å². The number of fused-ring (bicyclic) bond motifs is 1. The number of nitrogens with one attached hydrogen (secondary N) is 2. The first kappa shape index (κ1) is 30.7. The third-order valence-corrected chi connectivity index (χ3v) is 6.31. The molecule has 1 heterocycles. The zero-order valence-corrected chi connectivity index (χ0v) is 23.1. The molecule has 1 aromatic heterocycles. The number of imide groups is 1. The predicted molar refractivity (Wildman–Crippen MR) is 158 cm³/mol. The first-order valence-electron chi connectivity index (χ1n) is 13.2. The molecule has 0 saturated carbocycles. The van der Waals surface area contributed by atoms with Crippen molar-refractivity contribution in [2.75, 3.05) is 18.0 Å². The summed E-state index contributed by atoms with van der Waals surface area (Å²) < 4.78 is 0. The highest BCUT2D eigenvalue weighted by Crippen LogP contribution is 2.24. The molecule has 0 bridgehead atoms. The molecular weight excluding hydrogens is 524 g/mol. The summed E-state index contributed by atoms with van der Waals surface area (Å²) in [4.78, 5) is 62.2. The number of anilines is 1. The van der Waals surface area contributed by atoms with Crippen molar-refractivity contribution in [3.05, 3.63) is 72.4 Å². The Morgan fingerprint density at radius 1 is 1.00 bits per heavy atom. The van der Waals surface area contributed by atoms with E-state index in [4.69, 9.17) is 17.2 Å². The van der Waals surface area contributed by atoms with E-state index >= 15 is 0 Å². The Kier molecular flexibility index (Phi) is 10.9. The van der Waals surface area contributed by atoms with Crippen LogP contribution in [0.5, 0.6) is 0 Å². The van der Waals surface area contributed by atoms with E-state index in [1.807, 2.05) is 6.07 Å². The number of guanidine groups is 1. The van der Waals surface area contributed by atoms with Gasteiger partial charge in [0.05, 0.1) is 23.8 Å². The largest absolute Gasteiger partial charge is 0.370 e. The number of hydrogen-bond acceptors (Lipinski definition) is 7. The van der Waals surface area contributed by atoms with Crippen LogP contribution in [-0.4, -0.2) is 59.7 Å². The lowest BCUT2D eigenvalue weighted by Crippen LogP contribution is -2.53. The van der Waals surface area contributed by atoms with Gasteiger partial charge >= 0.3 is 0 Å². The molecule has 3 aromatic rings. The van der Waals surface area contributed by atoms with Gasteiger partial charge in [-0.15, -0.1) is 0 Å². The first-order valence-corrected chi connectivity index (χ1v) is 13.2. The highest BCUT2D eigenvalue weighted by Gasteiger charge is 2.32. The van der Waals surface area contributed by atoms with Crippen LogP contribution in [0.4, 0.5) is 5.69 Å². The fraction of sp³-hybridized carbons (Fsp3) is 0.310. The summed E-state index contributed by atoms with van der Waals surface area (Å²) in [5.41, 5.74) is 18.0. The number of hydrogen-bond donors (Lipinski definition) is 5. The molecule has 2 atom stereocenters. The van der Waals surface area contributed by atoms with Crippen molar-refractivity contribution < 1.29 is 19.2 Å². The van der Waals surface area contributed by atoms with Crippen LogP contribution in [0.3, 0.4) is 0 Å².